The Kier molecular flexibility index (Phi) is 5.32. The van der Waals surface area contributed by atoms with Gasteiger partial charge in [0.25, 0.3) is 5.91 Å². The van der Waals surface area contributed by atoms with Gasteiger partial charge < -0.3 is 9.88 Å². The maximum absolute atomic E-state index is 13.1. The Morgan fingerprint density at radius 3 is 2.55 bits per heavy atom. The quantitative estimate of drug-likeness (QED) is 0.483. The van der Waals surface area contributed by atoms with E-state index in [0.29, 0.717) is 17.1 Å². The molecule has 0 bridgehead atoms. The van der Waals surface area contributed by atoms with E-state index >= 15 is 0 Å². The van der Waals surface area contributed by atoms with Crippen LogP contribution in [-0.2, 0) is 6.54 Å². The van der Waals surface area contributed by atoms with Crippen LogP contribution in [0.2, 0.25) is 5.02 Å². The van der Waals surface area contributed by atoms with Crippen LogP contribution in [0.25, 0.3) is 11.0 Å². The average molecular weight is 408 g/mol. The number of benzene rings is 3. The number of aromatic nitrogens is 2. The molecule has 0 aliphatic carbocycles. The molecule has 4 aromatic rings. The first-order valence-electron chi connectivity index (χ1n) is 9.25. The Balaban J connectivity index is 1.50. The highest BCUT2D eigenvalue weighted by Crippen LogP contribution is 2.19. The number of imidazole rings is 1. The zero-order valence-electron chi connectivity index (χ0n) is 15.8. The number of halogens is 2. The molecular formula is C23H19ClFN3O. The van der Waals surface area contributed by atoms with Crippen molar-refractivity contribution in [1.29, 1.82) is 0 Å². The number of hydrogen-bond donors (Lipinski definition) is 1. The summed E-state index contributed by atoms with van der Waals surface area (Å²) in [6, 6.07) is 19.0. The van der Waals surface area contributed by atoms with Crippen molar-refractivity contribution in [2.45, 2.75) is 19.5 Å². The van der Waals surface area contributed by atoms with Crippen molar-refractivity contribution in [1.82, 2.24) is 14.9 Å². The normalized spacial score (nSPS) is 12.1. The summed E-state index contributed by atoms with van der Waals surface area (Å²) >= 11 is 5.94. The van der Waals surface area contributed by atoms with Crippen molar-refractivity contribution < 1.29 is 9.18 Å². The fraction of sp³-hybridized carbons (Fsp3) is 0.130. The molecule has 6 heteroatoms. The number of carbonyl (C=O) groups excluding carboxylic acids is 1. The van der Waals surface area contributed by atoms with Gasteiger partial charge in [0.2, 0.25) is 0 Å². The van der Waals surface area contributed by atoms with Crippen LogP contribution in [-0.4, -0.2) is 15.5 Å². The molecule has 0 fully saturated rings. The number of nitrogens with zero attached hydrogens (tertiary/aromatic N) is 2. The van der Waals surface area contributed by atoms with Gasteiger partial charge in [0.15, 0.2) is 0 Å². The summed E-state index contributed by atoms with van der Waals surface area (Å²) in [6.45, 7) is 2.53. The van der Waals surface area contributed by atoms with Crippen LogP contribution in [0.3, 0.4) is 0 Å². The van der Waals surface area contributed by atoms with Gasteiger partial charge in [-0.15, -0.1) is 0 Å². The summed E-state index contributed by atoms with van der Waals surface area (Å²) in [5, 5.41) is 3.64. The fourth-order valence-electron chi connectivity index (χ4n) is 3.23. The van der Waals surface area contributed by atoms with Gasteiger partial charge in [-0.25, -0.2) is 9.37 Å². The van der Waals surface area contributed by atoms with Crippen LogP contribution in [0.4, 0.5) is 4.39 Å². The van der Waals surface area contributed by atoms with Crippen molar-refractivity contribution in [2.75, 3.05) is 0 Å². The first kappa shape index (κ1) is 19.2. The van der Waals surface area contributed by atoms with E-state index < -0.39 is 0 Å². The minimum absolute atomic E-state index is 0.198. The summed E-state index contributed by atoms with van der Waals surface area (Å²) < 4.78 is 15.1. The molecule has 1 amide bonds. The highest BCUT2D eigenvalue weighted by atomic mass is 35.5. The molecule has 4 nitrogen and oxygen atoms in total. The Hall–Kier alpha value is -3.18. The third-order valence-electron chi connectivity index (χ3n) is 4.87. The predicted molar refractivity (Wildman–Crippen MR) is 113 cm³/mol. The number of rotatable bonds is 5. The van der Waals surface area contributed by atoms with Gasteiger partial charge in [0, 0.05) is 17.1 Å². The average Bonchev–Trinajstić information content (AvgIpc) is 3.12. The van der Waals surface area contributed by atoms with Crippen LogP contribution < -0.4 is 5.32 Å². The Morgan fingerprint density at radius 2 is 1.83 bits per heavy atom. The Morgan fingerprint density at radius 1 is 1.10 bits per heavy atom. The van der Waals surface area contributed by atoms with Crippen molar-refractivity contribution in [2.24, 2.45) is 0 Å². The van der Waals surface area contributed by atoms with Crippen LogP contribution in [0.5, 0.6) is 0 Å². The van der Waals surface area contributed by atoms with E-state index in [1.807, 2.05) is 41.8 Å². The van der Waals surface area contributed by atoms with Gasteiger partial charge in [0.05, 0.1) is 23.4 Å². The summed E-state index contributed by atoms with van der Waals surface area (Å²) in [5.41, 5.74) is 4.18. The van der Waals surface area contributed by atoms with Gasteiger partial charge in [-0.3, -0.25) is 4.79 Å². The van der Waals surface area contributed by atoms with E-state index in [-0.39, 0.29) is 17.8 Å². The molecule has 0 saturated carbocycles. The summed E-state index contributed by atoms with van der Waals surface area (Å²) in [5.74, 6) is -0.497. The lowest BCUT2D eigenvalue weighted by atomic mass is 10.1. The van der Waals surface area contributed by atoms with Crippen molar-refractivity contribution in [3.63, 3.8) is 0 Å². The van der Waals surface area contributed by atoms with Crippen molar-refractivity contribution >= 4 is 28.5 Å². The molecule has 0 saturated heterocycles. The zero-order valence-corrected chi connectivity index (χ0v) is 16.5. The largest absolute Gasteiger partial charge is 0.346 e. The SMILES string of the molecule is C[C@@H](NC(=O)c1ccc2c(c1)ncn2Cc1ccc(Cl)cc1)c1ccc(F)cc1. The first-order valence-corrected chi connectivity index (χ1v) is 9.63. The van der Waals surface area contributed by atoms with Gasteiger partial charge in [-0.1, -0.05) is 35.9 Å². The maximum atomic E-state index is 13.1. The lowest BCUT2D eigenvalue weighted by Crippen LogP contribution is -2.26. The van der Waals surface area contributed by atoms with Gasteiger partial charge >= 0.3 is 0 Å². The maximum Gasteiger partial charge on any atom is 0.251 e. The topological polar surface area (TPSA) is 46.9 Å². The lowest BCUT2D eigenvalue weighted by Gasteiger charge is -2.14. The third kappa shape index (κ3) is 4.30. The molecule has 0 aliphatic heterocycles. The highest BCUT2D eigenvalue weighted by Gasteiger charge is 2.13. The number of nitrogens with one attached hydrogen (secondary N) is 1. The van der Waals surface area contributed by atoms with Crippen LogP contribution in [0.15, 0.2) is 73.1 Å². The van der Waals surface area contributed by atoms with Gasteiger partial charge in [-0.05, 0) is 60.5 Å². The molecule has 29 heavy (non-hydrogen) atoms. The molecule has 4 rings (SSSR count). The number of carbonyl (C=O) groups is 1. The van der Waals surface area contributed by atoms with Gasteiger partial charge in [0.1, 0.15) is 5.82 Å². The smallest absolute Gasteiger partial charge is 0.251 e. The predicted octanol–water partition coefficient (Wildman–Crippen LogP) is 5.37. The number of fused-ring (bicyclic) bond motifs is 1. The van der Waals surface area contributed by atoms with E-state index in [0.717, 1.165) is 22.2 Å². The minimum Gasteiger partial charge on any atom is -0.346 e. The Labute approximate surface area is 173 Å². The van der Waals surface area contributed by atoms with Gasteiger partial charge in [-0.2, -0.15) is 0 Å². The van der Waals surface area contributed by atoms with Crippen molar-refractivity contribution in [3.05, 3.63) is 101 Å². The van der Waals surface area contributed by atoms with E-state index in [1.165, 1.54) is 12.1 Å². The molecule has 1 heterocycles. The second kappa shape index (κ2) is 8.05. The van der Waals surface area contributed by atoms with Crippen LogP contribution in [0, 0.1) is 5.82 Å². The monoisotopic (exact) mass is 407 g/mol. The summed E-state index contributed by atoms with van der Waals surface area (Å²) in [7, 11) is 0. The molecule has 0 spiro atoms. The van der Waals surface area contributed by atoms with E-state index in [2.05, 4.69) is 10.3 Å². The zero-order chi connectivity index (χ0) is 20.4. The molecule has 146 valence electrons. The van der Waals surface area contributed by atoms with Crippen molar-refractivity contribution in [3.8, 4) is 0 Å². The summed E-state index contributed by atoms with van der Waals surface area (Å²) in [6.07, 6.45) is 1.77. The molecule has 3 aromatic carbocycles. The molecule has 0 radical (unpaired) electrons. The number of amides is 1. The summed E-state index contributed by atoms with van der Waals surface area (Å²) in [4.78, 5) is 17.1. The minimum atomic E-state index is -0.299. The molecule has 0 aliphatic rings. The highest BCUT2D eigenvalue weighted by molar-refractivity contribution is 6.30. The molecule has 1 aromatic heterocycles. The molecule has 0 unspecified atom stereocenters. The standard InChI is InChI=1S/C23H19ClFN3O/c1-15(17-4-9-20(25)10-5-17)27-23(29)18-6-11-22-21(12-18)26-14-28(22)13-16-2-7-19(24)8-3-16/h2-12,14-15H,13H2,1H3,(H,27,29)/t15-/m1/s1. The third-order valence-corrected chi connectivity index (χ3v) is 5.12. The number of hydrogen-bond acceptors (Lipinski definition) is 2. The van der Waals surface area contributed by atoms with Crippen LogP contribution in [0.1, 0.15) is 34.5 Å². The molecular weight excluding hydrogens is 389 g/mol. The lowest BCUT2D eigenvalue weighted by molar-refractivity contribution is 0.0940. The first-order chi connectivity index (χ1) is 14.0. The molecule has 1 atom stereocenters. The second-order valence-corrected chi connectivity index (χ2v) is 7.39. The fourth-order valence-corrected chi connectivity index (χ4v) is 3.36. The molecule has 1 N–H and O–H groups in total. The second-order valence-electron chi connectivity index (χ2n) is 6.95. The van der Waals surface area contributed by atoms with E-state index in [1.54, 1.807) is 30.6 Å². The Bertz CT molecular complexity index is 1150. The van der Waals surface area contributed by atoms with E-state index in [9.17, 15) is 9.18 Å². The van der Waals surface area contributed by atoms with E-state index in [4.69, 9.17) is 11.6 Å². The van der Waals surface area contributed by atoms with Crippen LogP contribution >= 0.6 is 11.6 Å².